The SMILES string of the molecule is [2H]c1c([2H])c(C(C([2H])([2H])N(C)C)C2(O)C([2H])([2H])C([2H])([2H])C([2H])([2H])C([2H])([2H])C2([2H])[2H])c([2H])c([2H])c1OC. The van der Waals surface area contributed by atoms with Crippen LogP contribution < -0.4 is 4.74 Å². The molecule has 1 unspecified atom stereocenters. The van der Waals surface area contributed by atoms with Gasteiger partial charge in [0, 0.05) is 28.9 Å². The molecular formula is C17H27NO2. The molecule has 0 aromatic heterocycles. The highest BCUT2D eigenvalue weighted by Crippen LogP contribution is 2.40. The van der Waals surface area contributed by atoms with Crippen LogP contribution in [0.25, 0.3) is 0 Å². The molecule has 0 saturated heterocycles. The van der Waals surface area contributed by atoms with E-state index in [9.17, 15) is 5.11 Å². The van der Waals surface area contributed by atoms with Crippen molar-refractivity contribution < 1.29 is 31.8 Å². The Balaban J connectivity index is 3.27. The Hall–Kier alpha value is -1.06. The van der Waals surface area contributed by atoms with Crippen LogP contribution >= 0.6 is 0 Å². The van der Waals surface area contributed by atoms with Gasteiger partial charge in [-0.1, -0.05) is 31.2 Å². The molecule has 1 aliphatic rings. The van der Waals surface area contributed by atoms with Crippen molar-refractivity contribution in [3.63, 3.8) is 0 Å². The van der Waals surface area contributed by atoms with Crippen LogP contribution in [0.3, 0.4) is 0 Å². The van der Waals surface area contributed by atoms with E-state index >= 15 is 0 Å². The van der Waals surface area contributed by atoms with E-state index in [0.29, 0.717) is 4.90 Å². The summed E-state index contributed by atoms with van der Waals surface area (Å²) < 4.78 is 138. The molecule has 1 atom stereocenters. The third-order valence-corrected chi connectivity index (χ3v) is 2.55. The quantitative estimate of drug-likeness (QED) is 0.906. The van der Waals surface area contributed by atoms with Crippen LogP contribution in [0.5, 0.6) is 5.75 Å². The highest BCUT2D eigenvalue weighted by atomic mass is 16.5. The molecule has 1 aromatic rings. The average Bonchev–Trinajstić information content (AvgIpc) is 2.73. The minimum atomic E-state index is -4.15. The summed E-state index contributed by atoms with van der Waals surface area (Å²) in [6, 6.07) is -3.93. The normalized spacial score (nSPS) is 44.9. The fraction of sp³-hybridized carbons (Fsp3) is 0.647. The Morgan fingerprint density at radius 1 is 1.35 bits per heavy atom. The molecule has 20 heavy (non-hydrogen) atoms. The van der Waals surface area contributed by atoms with Gasteiger partial charge >= 0.3 is 0 Å². The van der Waals surface area contributed by atoms with Crippen LogP contribution in [0.1, 0.15) is 65.3 Å². The zero-order valence-corrected chi connectivity index (χ0v) is 11.4. The van der Waals surface area contributed by atoms with Crippen LogP contribution in [0.2, 0.25) is 0 Å². The van der Waals surface area contributed by atoms with E-state index in [1.807, 2.05) is 0 Å². The second-order valence-corrected chi connectivity index (χ2v) is 4.29. The lowest BCUT2D eigenvalue weighted by Gasteiger charge is -2.40. The molecule has 1 fully saturated rings. The van der Waals surface area contributed by atoms with Crippen molar-refractivity contribution >= 4 is 0 Å². The molecule has 2 rings (SSSR count). The van der Waals surface area contributed by atoms with Crippen molar-refractivity contribution in [2.45, 2.75) is 43.4 Å². The van der Waals surface area contributed by atoms with Crippen LogP contribution in [0.15, 0.2) is 24.2 Å². The average molecular weight is 294 g/mol. The molecule has 1 saturated carbocycles. The van der Waals surface area contributed by atoms with Crippen molar-refractivity contribution in [1.82, 2.24) is 4.90 Å². The second kappa shape index (κ2) is 6.59. The van der Waals surface area contributed by atoms with Gasteiger partial charge < -0.3 is 14.7 Å². The summed E-state index contributed by atoms with van der Waals surface area (Å²) >= 11 is 0. The van der Waals surface area contributed by atoms with Gasteiger partial charge in [-0.3, -0.25) is 0 Å². The van der Waals surface area contributed by atoms with Crippen LogP contribution in [-0.4, -0.2) is 43.3 Å². The van der Waals surface area contributed by atoms with Gasteiger partial charge in [0.05, 0.1) is 18.2 Å². The topological polar surface area (TPSA) is 32.7 Å². The summed E-state index contributed by atoms with van der Waals surface area (Å²) in [7, 11) is 3.15. The molecule has 1 N–H and O–H groups in total. The van der Waals surface area contributed by atoms with Gasteiger partial charge in [0.25, 0.3) is 0 Å². The van der Waals surface area contributed by atoms with Gasteiger partial charge in [-0.25, -0.2) is 0 Å². The predicted octanol–water partition coefficient (Wildman–Crippen LogP) is 3.04. The van der Waals surface area contributed by atoms with Gasteiger partial charge in [-0.05, 0) is 44.5 Å². The number of aliphatic hydroxyl groups is 1. The molecule has 0 spiro atoms. The lowest BCUT2D eigenvalue weighted by atomic mass is 9.72. The van der Waals surface area contributed by atoms with Crippen molar-refractivity contribution in [2.75, 3.05) is 27.7 Å². The first kappa shape index (κ1) is 4.72. The molecule has 3 heteroatoms. The van der Waals surface area contributed by atoms with Crippen LogP contribution in [0.4, 0.5) is 0 Å². The zero-order chi connectivity index (χ0) is 28.8. The van der Waals surface area contributed by atoms with Crippen molar-refractivity contribution in [3.05, 3.63) is 29.7 Å². The van der Waals surface area contributed by atoms with Crippen LogP contribution in [-0.2, 0) is 0 Å². The Bertz CT molecular complexity index is 995. The van der Waals surface area contributed by atoms with Gasteiger partial charge in [0.1, 0.15) is 5.75 Å². The van der Waals surface area contributed by atoms with Gasteiger partial charge in [0.15, 0.2) is 0 Å². The van der Waals surface area contributed by atoms with Crippen molar-refractivity contribution in [3.8, 4) is 5.75 Å². The van der Waals surface area contributed by atoms with E-state index in [1.54, 1.807) is 0 Å². The summed E-state index contributed by atoms with van der Waals surface area (Å²) in [5.74, 6) is -3.42. The molecule has 0 heterocycles. The van der Waals surface area contributed by atoms with Gasteiger partial charge in [0.2, 0.25) is 0 Å². The molecule has 112 valence electrons. The number of likely N-dealkylation sites (N-methyl/N-ethyl adjacent to an activating group) is 1. The minimum Gasteiger partial charge on any atom is -0.497 e. The van der Waals surface area contributed by atoms with Crippen molar-refractivity contribution in [2.24, 2.45) is 0 Å². The summed E-state index contributed by atoms with van der Waals surface area (Å²) in [5, 5.41) is 11.9. The smallest absolute Gasteiger partial charge is 0.118 e. The number of nitrogens with zero attached hydrogens (tertiary/aromatic N) is 1. The highest BCUT2D eigenvalue weighted by molar-refractivity contribution is 5.31. The molecule has 0 radical (unpaired) electrons. The Kier molecular flexibility index (Phi) is 1.56. The molecule has 1 aliphatic carbocycles. The number of ether oxygens (including phenoxy) is 1. The van der Waals surface area contributed by atoms with E-state index in [4.69, 9.17) is 26.7 Å². The Labute approximate surface area is 145 Å². The van der Waals surface area contributed by atoms with E-state index in [0.717, 1.165) is 21.2 Å². The van der Waals surface area contributed by atoms with Gasteiger partial charge in [-0.15, -0.1) is 0 Å². The van der Waals surface area contributed by atoms with E-state index in [-0.39, 0.29) is 0 Å². The maximum Gasteiger partial charge on any atom is 0.118 e. The van der Waals surface area contributed by atoms with E-state index in [2.05, 4.69) is 0 Å². The fourth-order valence-corrected chi connectivity index (χ4v) is 1.64. The third kappa shape index (κ3) is 3.53. The highest BCUT2D eigenvalue weighted by Gasteiger charge is 2.38. The number of hydrogen-bond donors (Lipinski definition) is 1. The summed E-state index contributed by atoms with van der Waals surface area (Å²) in [4.78, 5) is 0.687. The molecule has 0 amide bonds. The van der Waals surface area contributed by atoms with Gasteiger partial charge in [-0.2, -0.15) is 0 Å². The fourth-order valence-electron chi connectivity index (χ4n) is 1.64. The first-order chi connectivity index (χ1) is 15.8. The number of rotatable bonds is 5. The summed E-state index contributed by atoms with van der Waals surface area (Å²) in [6.07, 6.45) is -20.1. The number of methoxy groups -OCH3 is 1. The second-order valence-electron chi connectivity index (χ2n) is 4.29. The summed E-state index contributed by atoms with van der Waals surface area (Å²) in [6.45, 7) is -3.18. The van der Waals surface area contributed by atoms with E-state index < -0.39 is 85.4 Å². The maximum atomic E-state index is 11.9. The monoisotopic (exact) mass is 293 g/mol. The number of benzene rings is 1. The standard InChI is InChI=1S/C17H27NO2/c1-18(2)13-16(17(19)11-5-4-6-12-17)14-7-9-15(20-3)10-8-14/h7-10,16,19H,4-6,11-13H2,1-3H3/i4D2,5D2,6D2,7D,8D,9D,10D,11D2,12D2,13D2. The predicted molar refractivity (Wildman–Crippen MR) is 82.3 cm³/mol. The maximum absolute atomic E-state index is 11.9. The minimum absolute atomic E-state index is 0.596. The molecule has 0 aliphatic heterocycles. The number of hydrogen-bond acceptors (Lipinski definition) is 3. The lowest BCUT2D eigenvalue weighted by Crippen LogP contribution is -2.42. The molecule has 3 nitrogen and oxygen atoms in total. The van der Waals surface area contributed by atoms with E-state index in [1.165, 1.54) is 0 Å². The Morgan fingerprint density at radius 2 is 1.95 bits per heavy atom. The first-order valence-corrected chi connectivity index (χ1v) is 5.82. The molecule has 0 bridgehead atoms. The molecule has 1 aromatic carbocycles. The first-order valence-electron chi connectivity index (χ1n) is 13.8. The van der Waals surface area contributed by atoms with Crippen molar-refractivity contribution in [1.29, 1.82) is 0 Å². The zero-order valence-electron chi connectivity index (χ0n) is 27.4. The summed E-state index contributed by atoms with van der Waals surface area (Å²) in [5.41, 5.74) is -5.22. The Morgan fingerprint density at radius 3 is 2.45 bits per heavy atom. The molecular weight excluding hydrogens is 250 g/mol. The largest absolute Gasteiger partial charge is 0.497 e. The lowest BCUT2D eigenvalue weighted by molar-refractivity contribution is -0.0277. The third-order valence-electron chi connectivity index (χ3n) is 2.55. The van der Waals surface area contributed by atoms with Crippen LogP contribution in [0, 0.1) is 0 Å².